The van der Waals surface area contributed by atoms with E-state index in [4.69, 9.17) is 9.47 Å². The summed E-state index contributed by atoms with van der Waals surface area (Å²) in [5, 5.41) is 5.58. The third-order valence-corrected chi connectivity index (χ3v) is 5.34. The van der Waals surface area contributed by atoms with Crippen LogP contribution >= 0.6 is 21.6 Å². The van der Waals surface area contributed by atoms with E-state index in [1.54, 1.807) is 62.8 Å². The van der Waals surface area contributed by atoms with Crippen LogP contribution in [0.2, 0.25) is 0 Å². The van der Waals surface area contributed by atoms with Gasteiger partial charge in [0.15, 0.2) is 0 Å². The molecule has 2 N–H and O–H groups in total. The molecule has 0 saturated carbocycles. The van der Waals surface area contributed by atoms with Crippen molar-refractivity contribution in [3.63, 3.8) is 0 Å². The highest BCUT2D eigenvalue weighted by Gasteiger charge is 2.06. The Bertz CT molecular complexity index is 657. The second-order valence-corrected chi connectivity index (χ2v) is 7.54. The summed E-state index contributed by atoms with van der Waals surface area (Å²) >= 11 is 0. The Hall–Kier alpha value is -2.32. The van der Waals surface area contributed by atoms with Crippen LogP contribution in [0.5, 0.6) is 11.5 Å². The van der Waals surface area contributed by atoms with Crippen molar-refractivity contribution >= 4 is 44.8 Å². The Labute approximate surface area is 160 Å². The SMILES string of the molecule is COc1ccc(NC(=O)CSSCC(=O)Nc2ccc(OC)cc2)cc1. The number of ether oxygens (including phenoxy) is 2. The van der Waals surface area contributed by atoms with Gasteiger partial charge in [0.1, 0.15) is 11.5 Å². The van der Waals surface area contributed by atoms with Gasteiger partial charge in [-0.1, -0.05) is 21.6 Å². The van der Waals surface area contributed by atoms with Crippen LogP contribution in [-0.2, 0) is 9.59 Å². The molecule has 0 bridgehead atoms. The fraction of sp³-hybridized carbons (Fsp3) is 0.222. The molecule has 0 fully saturated rings. The molecule has 138 valence electrons. The van der Waals surface area contributed by atoms with Crippen LogP contribution in [0, 0.1) is 0 Å². The van der Waals surface area contributed by atoms with E-state index in [1.165, 1.54) is 21.6 Å². The van der Waals surface area contributed by atoms with Crippen LogP contribution in [0.1, 0.15) is 0 Å². The molecule has 2 rings (SSSR count). The van der Waals surface area contributed by atoms with E-state index < -0.39 is 0 Å². The third kappa shape index (κ3) is 6.89. The number of benzene rings is 2. The molecular formula is C18H20N2O4S2. The standard InChI is InChI=1S/C18H20N2O4S2/c1-23-15-7-3-13(4-8-15)19-17(21)11-25-26-12-18(22)20-14-5-9-16(24-2)10-6-14/h3-10H,11-12H2,1-2H3,(H,19,21)(H,20,22). The van der Waals surface area contributed by atoms with E-state index in [0.717, 1.165) is 11.5 Å². The monoisotopic (exact) mass is 392 g/mol. The highest BCUT2D eigenvalue weighted by Crippen LogP contribution is 2.22. The number of nitrogens with one attached hydrogen (secondary N) is 2. The van der Waals surface area contributed by atoms with Gasteiger partial charge < -0.3 is 20.1 Å². The summed E-state index contributed by atoms with van der Waals surface area (Å²) in [5.41, 5.74) is 1.41. The Kier molecular flexibility index (Phi) is 8.17. The predicted octanol–water partition coefficient (Wildman–Crippen LogP) is 3.66. The minimum Gasteiger partial charge on any atom is -0.497 e. The second-order valence-electron chi connectivity index (χ2n) is 5.08. The molecule has 2 aromatic rings. The summed E-state index contributed by atoms with van der Waals surface area (Å²) in [6.45, 7) is 0. The molecule has 0 heterocycles. The first-order chi connectivity index (χ1) is 12.6. The molecule has 0 aliphatic carbocycles. The number of methoxy groups -OCH3 is 2. The van der Waals surface area contributed by atoms with E-state index in [2.05, 4.69) is 10.6 Å². The number of carbonyl (C=O) groups is 2. The van der Waals surface area contributed by atoms with Gasteiger partial charge >= 0.3 is 0 Å². The van der Waals surface area contributed by atoms with Crippen LogP contribution in [0.3, 0.4) is 0 Å². The number of amides is 2. The van der Waals surface area contributed by atoms with Crippen molar-refractivity contribution in [3.8, 4) is 11.5 Å². The Morgan fingerprint density at radius 1 is 0.731 bits per heavy atom. The number of anilines is 2. The summed E-state index contributed by atoms with van der Waals surface area (Å²) in [6, 6.07) is 14.2. The van der Waals surface area contributed by atoms with Crippen molar-refractivity contribution < 1.29 is 19.1 Å². The highest BCUT2D eigenvalue weighted by molar-refractivity contribution is 8.77. The predicted molar refractivity (Wildman–Crippen MR) is 108 cm³/mol. The summed E-state index contributed by atoms with van der Waals surface area (Å²) in [7, 11) is 5.84. The van der Waals surface area contributed by atoms with Crippen molar-refractivity contribution in [1.29, 1.82) is 0 Å². The van der Waals surface area contributed by atoms with Crippen LogP contribution in [0.4, 0.5) is 11.4 Å². The maximum absolute atomic E-state index is 11.9. The highest BCUT2D eigenvalue weighted by atomic mass is 33.1. The topological polar surface area (TPSA) is 76.7 Å². The zero-order chi connectivity index (χ0) is 18.8. The van der Waals surface area contributed by atoms with E-state index >= 15 is 0 Å². The van der Waals surface area contributed by atoms with Gasteiger partial charge in [-0.25, -0.2) is 0 Å². The number of hydrogen-bond acceptors (Lipinski definition) is 6. The van der Waals surface area contributed by atoms with E-state index in [1.807, 2.05) is 0 Å². The normalized spacial score (nSPS) is 10.1. The number of carbonyl (C=O) groups excluding carboxylic acids is 2. The summed E-state index contributed by atoms with van der Waals surface area (Å²) in [4.78, 5) is 23.7. The minimum atomic E-state index is -0.122. The Balaban J connectivity index is 1.63. The minimum absolute atomic E-state index is 0.122. The molecule has 2 amide bonds. The van der Waals surface area contributed by atoms with Crippen LogP contribution in [0.25, 0.3) is 0 Å². The lowest BCUT2D eigenvalue weighted by Crippen LogP contribution is -2.15. The van der Waals surface area contributed by atoms with Gasteiger partial charge in [0.25, 0.3) is 0 Å². The van der Waals surface area contributed by atoms with Crippen molar-refractivity contribution in [2.75, 3.05) is 36.4 Å². The van der Waals surface area contributed by atoms with E-state index in [-0.39, 0.29) is 23.3 Å². The Morgan fingerprint density at radius 2 is 1.08 bits per heavy atom. The smallest absolute Gasteiger partial charge is 0.235 e. The zero-order valence-corrected chi connectivity index (χ0v) is 16.1. The van der Waals surface area contributed by atoms with Gasteiger partial charge in [0, 0.05) is 11.4 Å². The van der Waals surface area contributed by atoms with Crippen molar-refractivity contribution in [2.24, 2.45) is 0 Å². The van der Waals surface area contributed by atoms with Crippen molar-refractivity contribution in [3.05, 3.63) is 48.5 Å². The third-order valence-electron chi connectivity index (χ3n) is 3.21. The molecular weight excluding hydrogens is 372 g/mol. The van der Waals surface area contributed by atoms with Gasteiger partial charge in [-0.3, -0.25) is 9.59 Å². The lowest BCUT2D eigenvalue weighted by atomic mass is 10.3. The van der Waals surface area contributed by atoms with Crippen LogP contribution < -0.4 is 20.1 Å². The van der Waals surface area contributed by atoms with Gasteiger partial charge in [-0.15, -0.1) is 0 Å². The van der Waals surface area contributed by atoms with Gasteiger partial charge in [0.05, 0.1) is 25.7 Å². The molecule has 2 aromatic carbocycles. The van der Waals surface area contributed by atoms with Gasteiger partial charge in [-0.05, 0) is 48.5 Å². The van der Waals surface area contributed by atoms with Crippen LogP contribution in [-0.4, -0.2) is 37.5 Å². The summed E-state index contributed by atoms with van der Waals surface area (Å²) in [5.74, 6) is 1.73. The quantitative estimate of drug-likeness (QED) is 0.501. The lowest BCUT2D eigenvalue weighted by Gasteiger charge is -2.07. The average molecular weight is 393 g/mol. The first-order valence-corrected chi connectivity index (χ1v) is 10.2. The fourth-order valence-corrected chi connectivity index (χ4v) is 3.60. The molecule has 0 saturated heterocycles. The molecule has 8 heteroatoms. The van der Waals surface area contributed by atoms with Crippen molar-refractivity contribution in [1.82, 2.24) is 0 Å². The first kappa shape index (κ1) is 20.0. The lowest BCUT2D eigenvalue weighted by molar-refractivity contribution is -0.114. The summed E-state index contributed by atoms with van der Waals surface area (Å²) in [6.07, 6.45) is 0. The molecule has 0 aromatic heterocycles. The van der Waals surface area contributed by atoms with Gasteiger partial charge in [-0.2, -0.15) is 0 Å². The summed E-state index contributed by atoms with van der Waals surface area (Å²) < 4.78 is 10.1. The van der Waals surface area contributed by atoms with E-state index in [0.29, 0.717) is 11.4 Å². The maximum atomic E-state index is 11.9. The maximum Gasteiger partial charge on any atom is 0.235 e. The molecule has 0 unspecified atom stereocenters. The molecule has 26 heavy (non-hydrogen) atoms. The first-order valence-electron chi connectivity index (χ1n) is 7.73. The number of hydrogen-bond donors (Lipinski definition) is 2. The zero-order valence-electron chi connectivity index (χ0n) is 14.5. The molecule has 0 spiro atoms. The van der Waals surface area contributed by atoms with Crippen LogP contribution in [0.15, 0.2) is 48.5 Å². The number of rotatable bonds is 9. The molecule has 6 nitrogen and oxygen atoms in total. The fourth-order valence-electron chi connectivity index (χ4n) is 1.93. The van der Waals surface area contributed by atoms with E-state index in [9.17, 15) is 9.59 Å². The van der Waals surface area contributed by atoms with Crippen molar-refractivity contribution in [2.45, 2.75) is 0 Å². The molecule has 0 atom stereocenters. The molecule has 0 aliphatic rings. The molecule has 0 aliphatic heterocycles. The van der Waals surface area contributed by atoms with Gasteiger partial charge in [0.2, 0.25) is 11.8 Å². The largest absolute Gasteiger partial charge is 0.497 e. The average Bonchev–Trinajstić information content (AvgIpc) is 2.66. The second kappa shape index (κ2) is 10.6. The molecule has 0 radical (unpaired) electrons. The Morgan fingerprint density at radius 3 is 1.38 bits per heavy atom.